The van der Waals surface area contributed by atoms with Crippen LogP contribution >= 0.6 is 0 Å². The van der Waals surface area contributed by atoms with Crippen LogP contribution in [0.5, 0.6) is 0 Å². The van der Waals surface area contributed by atoms with Crippen molar-refractivity contribution in [1.29, 1.82) is 0 Å². The predicted octanol–water partition coefficient (Wildman–Crippen LogP) is 2.97. The smallest absolute Gasteiger partial charge is 0.235 e. The minimum Gasteiger partial charge on any atom is -0.362 e. The van der Waals surface area contributed by atoms with Gasteiger partial charge in [0.15, 0.2) is 5.69 Å². The zero-order valence-electron chi connectivity index (χ0n) is 8.18. The summed E-state index contributed by atoms with van der Waals surface area (Å²) in [6.07, 6.45) is 4.00. The molecule has 1 heterocycles. The Morgan fingerprint density at radius 1 is 1.50 bits per heavy atom. The molecule has 1 aromatic carbocycles. The van der Waals surface area contributed by atoms with Crippen molar-refractivity contribution in [1.82, 2.24) is 4.98 Å². The Morgan fingerprint density at radius 3 is 3.00 bits per heavy atom. The van der Waals surface area contributed by atoms with Crippen molar-refractivity contribution in [2.45, 2.75) is 0 Å². The van der Waals surface area contributed by atoms with Crippen LogP contribution in [0.15, 0.2) is 30.6 Å². The van der Waals surface area contributed by atoms with E-state index in [-0.39, 0.29) is 0 Å². The third kappa shape index (κ3) is 1.77. The first-order chi connectivity index (χ1) is 7.70. The summed E-state index contributed by atoms with van der Waals surface area (Å²) >= 11 is 0. The molecule has 78 valence electrons. The largest absolute Gasteiger partial charge is 0.362 e. The summed E-state index contributed by atoms with van der Waals surface area (Å²) < 4.78 is 0. The van der Waals surface area contributed by atoms with Gasteiger partial charge in [-0.3, -0.25) is 10.1 Å². The quantitative estimate of drug-likeness (QED) is 0.473. The lowest BCUT2D eigenvalue weighted by Crippen LogP contribution is -1.81. The van der Waals surface area contributed by atoms with Crippen molar-refractivity contribution in [3.8, 4) is 0 Å². The minimum absolute atomic E-state index is 0.508. The van der Waals surface area contributed by atoms with Gasteiger partial charge in [-0.05, 0) is 6.07 Å². The normalized spacial score (nSPS) is 10.7. The number of hydrogen-bond donors (Lipinski definition) is 1. The van der Waals surface area contributed by atoms with Gasteiger partial charge in [-0.1, -0.05) is 12.1 Å². The number of rotatable bonds is 2. The molecule has 1 aromatic heterocycles. The number of fused-ring (bicyclic) bond motifs is 1. The number of nitrogens with zero attached hydrogens (tertiary/aromatic N) is 2. The molecule has 0 aliphatic rings. The van der Waals surface area contributed by atoms with Gasteiger partial charge in [0, 0.05) is 28.7 Å². The van der Waals surface area contributed by atoms with Crippen LogP contribution in [0.1, 0.15) is 5.56 Å². The molecule has 5 nitrogen and oxygen atoms in total. The van der Waals surface area contributed by atoms with E-state index >= 15 is 0 Å². The number of nitrogens with one attached hydrogen (secondary N) is 1. The molecule has 0 radical (unpaired) electrons. The fourth-order valence-electron chi connectivity index (χ4n) is 1.49. The van der Waals surface area contributed by atoms with Crippen molar-refractivity contribution in [2.24, 2.45) is 0 Å². The molecule has 16 heavy (non-hydrogen) atoms. The summed E-state index contributed by atoms with van der Waals surface area (Å²) in [4.78, 5) is 16.0. The molecular weight excluding hydrogens is 206 g/mol. The molecule has 0 aliphatic carbocycles. The summed E-state index contributed by atoms with van der Waals surface area (Å²) in [6, 6.07) is 5.18. The van der Waals surface area contributed by atoms with Crippen molar-refractivity contribution >= 4 is 22.7 Å². The molecular formula is C11H7N3O2. The molecule has 0 unspecified atom stereocenters. The van der Waals surface area contributed by atoms with Crippen molar-refractivity contribution in [3.05, 3.63) is 57.7 Å². The molecule has 1 N–H and O–H groups in total. The highest BCUT2D eigenvalue weighted by atomic mass is 16.6. The van der Waals surface area contributed by atoms with Crippen LogP contribution in [0.3, 0.4) is 0 Å². The maximum atomic E-state index is 10.2. The molecule has 0 fully saturated rings. The Labute approximate surface area is 91.0 Å². The number of H-pyrrole nitrogens is 1. The van der Waals surface area contributed by atoms with E-state index < -0.39 is 4.92 Å². The molecule has 5 heteroatoms. The molecule has 0 aliphatic heterocycles. The summed E-state index contributed by atoms with van der Waals surface area (Å²) in [5.74, 6) is 0. The van der Waals surface area contributed by atoms with Crippen LogP contribution in [-0.2, 0) is 0 Å². The van der Waals surface area contributed by atoms with Crippen LogP contribution in [0.2, 0.25) is 0 Å². The highest BCUT2D eigenvalue weighted by molar-refractivity contribution is 5.90. The van der Waals surface area contributed by atoms with Gasteiger partial charge >= 0.3 is 0 Å². The van der Waals surface area contributed by atoms with E-state index in [0.717, 1.165) is 22.7 Å². The number of aromatic nitrogens is 1. The Kier molecular flexibility index (Phi) is 2.40. The topological polar surface area (TPSA) is 63.3 Å². The van der Waals surface area contributed by atoms with Crippen LogP contribution in [-0.4, -0.2) is 9.91 Å². The van der Waals surface area contributed by atoms with E-state index in [1.807, 2.05) is 0 Å². The minimum atomic E-state index is -0.508. The fourth-order valence-corrected chi connectivity index (χ4v) is 1.49. The Balaban J connectivity index is 2.50. The monoisotopic (exact) mass is 213 g/mol. The molecule has 0 saturated carbocycles. The molecule has 0 bridgehead atoms. The second kappa shape index (κ2) is 3.87. The van der Waals surface area contributed by atoms with Crippen LogP contribution < -0.4 is 0 Å². The van der Waals surface area contributed by atoms with Gasteiger partial charge in [-0.25, -0.2) is 4.85 Å². The summed E-state index contributed by atoms with van der Waals surface area (Å²) in [5.41, 5.74) is 2.08. The first-order valence-corrected chi connectivity index (χ1v) is 4.51. The molecule has 0 saturated heterocycles. The molecule has 0 spiro atoms. The maximum Gasteiger partial charge on any atom is 0.235 e. The Hall–Kier alpha value is -2.61. The van der Waals surface area contributed by atoms with Crippen LogP contribution in [0, 0.1) is 16.7 Å². The van der Waals surface area contributed by atoms with Crippen molar-refractivity contribution < 1.29 is 4.92 Å². The Morgan fingerprint density at radius 2 is 2.31 bits per heavy atom. The highest BCUT2D eigenvalue weighted by Gasteiger charge is 2.02. The van der Waals surface area contributed by atoms with Gasteiger partial charge in [0.05, 0.1) is 11.5 Å². The maximum absolute atomic E-state index is 10.2. The number of aromatic amines is 1. The van der Waals surface area contributed by atoms with Crippen LogP contribution in [0.4, 0.5) is 5.69 Å². The highest BCUT2D eigenvalue weighted by Crippen LogP contribution is 2.24. The number of nitro groups is 1. The second-order valence-electron chi connectivity index (χ2n) is 3.19. The third-order valence-corrected chi connectivity index (χ3v) is 2.20. The third-order valence-electron chi connectivity index (χ3n) is 2.20. The standard InChI is InChI=1S/C11H7N3O2/c1-12-9-2-3-10-8(4-5-14(15)16)7-13-11(10)6-9/h2-7,13H/b5-4+. The summed E-state index contributed by atoms with van der Waals surface area (Å²) in [6.45, 7) is 6.87. The molecule has 0 atom stereocenters. The average Bonchev–Trinajstić information content (AvgIpc) is 2.68. The van der Waals surface area contributed by atoms with Gasteiger partial charge in [-0.2, -0.15) is 0 Å². The number of benzene rings is 1. The van der Waals surface area contributed by atoms with Gasteiger partial charge in [-0.15, -0.1) is 0 Å². The van der Waals surface area contributed by atoms with Crippen molar-refractivity contribution in [3.63, 3.8) is 0 Å². The van der Waals surface area contributed by atoms with Gasteiger partial charge in [0.25, 0.3) is 0 Å². The van der Waals surface area contributed by atoms with E-state index in [4.69, 9.17) is 6.57 Å². The molecule has 2 rings (SSSR count). The van der Waals surface area contributed by atoms with Crippen molar-refractivity contribution in [2.75, 3.05) is 0 Å². The molecule has 2 aromatic rings. The van der Waals surface area contributed by atoms with E-state index in [1.165, 1.54) is 6.08 Å². The summed E-state index contributed by atoms with van der Waals surface area (Å²) in [5, 5.41) is 11.1. The predicted molar refractivity (Wildman–Crippen MR) is 60.6 cm³/mol. The van der Waals surface area contributed by atoms with E-state index in [1.54, 1.807) is 24.4 Å². The number of hydrogen-bond acceptors (Lipinski definition) is 2. The SMILES string of the molecule is [C-]#[N+]c1ccc2c(/C=C/[N+](=O)[O-])c[nH]c2c1. The van der Waals surface area contributed by atoms with Gasteiger partial charge < -0.3 is 4.98 Å². The van der Waals surface area contributed by atoms with Gasteiger partial charge in [0.1, 0.15) is 0 Å². The lowest BCUT2D eigenvalue weighted by molar-refractivity contribution is -0.400. The molecule has 0 amide bonds. The van der Waals surface area contributed by atoms with Gasteiger partial charge in [0.2, 0.25) is 6.20 Å². The summed E-state index contributed by atoms with van der Waals surface area (Å²) in [7, 11) is 0. The second-order valence-corrected chi connectivity index (χ2v) is 3.19. The van der Waals surface area contributed by atoms with Crippen LogP contribution in [0.25, 0.3) is 21.8 Å². The lowest BCUT2D eigenvalue weighted by atomic mass is 10.1. The average molecular weight is 213 g/mol. The Bertz CT molecular complexity index is 620. The zero-order valence-corrected chi connectivity index (χ0v) is 8.18. The zero-order chi connectivity index (χ0) is 11.5. The fraction of sp³-hybridized carbons (Fsp3) is 0. The van der Waals surface area contributed by atoms with E-state index in [9.17, 15) is 10.1 Å². The first kappa shape index (κ1) is 9.93. The lowest BCUT2D eigenvalue weighted by Gasteiger charge is -1.92. The van der Waals surface area contributed by atoms with E-state index in [2.05, 4.69) is 9.83 Å². The first-order valence-electron chi connectivity index (χ1n) is 4.51. The van der Waals surface area contributed by atoms with E-state index in [0.29, 0.717) is 5.69 Å².